The fraction of sp³-hybridized carbons (Fsp3) is 0.667. The van der Waals surface area contributed by atoms with Gasteiger partial charge in [0.05, 0.1) is 0 Å². The summed E-state index contributed by atoms with van der Waals surface area (Å²) in [7, 11) is 2.10. The summed E-state index contributed by atoms with van der Waals surface area (Å²) in [6.45, 7) is 2.13. The highest BCUT2D eigenvalue weighted by atomic mass is 15.3. The number of anilines is 2. The van der Waals surface area contributed by atoms with Crippen molar-refractivity contribution in [2.75, 3.05) is 17.4 Å². The van der Waals surface area contributed by atoms with Crippen LogP contribution in [0.1, 0.15) is 38.4 Å². The molecule has 3 N–H and O–H groups in total. The van der Waals surface area contributed by atoms with Gasteiger partial charge in [-0.2, -0.15) is 0 Å². The maximum absolute atomic E-state index is 5.45. The minimum absolute atomic E-state index is 0.630. The van der Waals surface area contributed by atoms with Crippen LogP contribution in [-0.4, -0.2) is 23.1 Å². The summed E-state index contributed by atoms with van der Waals surface area (Å²) in [4.78, 5) is 11.2. The first-order valence-electron chi connectivity index (χ1n) is 6.32. The molecule has 0 saturated heterocycles. The Morgan fingerprint density at radius 1 is 1.47 bits per heavy atom. The van der Waals surface area contributed by atoms with Crippen LogP contribution in [0, 0.1) is 0 Å². The third-order valence-electron chi connectivity index (χ3n) is 3.36. The minimum Gasteiger partial charge on any atom is -0.357 e. The fourth-order valence-electron chi connectivity index (χ4n) is 2.03. The molecule has 0 unspecified atom stereocenters. The summed E-state index contributed by atoms with van der Waals surface area (Å²) in [5.74, 6) is 7.98. The molecule has 94 valence electrons. The molecule has 2 rings (SSSR count). The molecule has 0 aliphatic heterocycles. The van der Waals surface area contributed by atoms with Gasteiger partial charge in [0.2, 0.25) is 0 Å². The largest absolute Gasteiger partial charge is 0.357 e. The summed E-state index contributed by atoms with van der Waals surface area (Å²) in [5, 5.41) is 0. The first kappa shape index (κ1) is 12.1. The number of nitrogens with two attached hydrogens (primary N) is 1. The third-order valence-corrected chi connectivity index (χ3v) is 3.36. The first-order chi connectivity index (χ1) is 8.24. The van der Waals surface area contributed by atoms with E-state index in [0.717, 1.165) is 24.5 Å². The lowest BCUT2D eigenvalue weighted by Gasteiger charge is -2.35. The van der Waals surface area contributed by atoms with E-state index >= 15 is 0 Å². The van der Waals surface area contributed by atoms with Gasteiger partial charge in [0, 0.05) is 25.6 Å². The van der Waals surface area contributed by atoms with Gasteiger partial charge in [0.25, 0.3) is 0 Å². The molecular formula is C12H21N5. The molecule has 1 aromatic rings. The highest BCUT2D eigenvalue weighted by Crippen LogP contribution is 2.28. The molecule has 0 radical (unpaired) electrons. The van der Waals surface area contributed by atoms with Crippen molar-refractivity contribution < 1.29 is 0 Å². The second kappa shape index (κ2) is 5.31. The Bertz CT molecular complexity index is 375. The molecule has 1 fully saturated rings. The Morgan fingerprint density at radius 2 is 2.24 bits per heavy atom. The van der Waals surface area contributed by atoms with Crippen molar-refractivity contribution in [2.24, 2.45) is 5.84 Å². The van der Waals surface area contributed by atoms with E-state index < -0.39 is 0 Å². The number of aryl methyl sites for hydroxylation is 1. The van der Waals surface area contributed by atoms with Gasteiger partial charge < -0.3 is 10.3 Å². The number of nitrogens with zero attached hydrogens (tertiary/aromatic N) is 3. The Kier molecular flexibility index (Phi) is 3.78. The summed E-state index contributed by atoms with van der Waals surface area (Å²) in [6, 6.07) is 2.54. The molecule has 1 saturated carbocycles. The summed E-state index contributed by atoms with van der Waals surface area (Å²) < 4.78 is 0. The summed E-state index contributed by atoms with van der Waals surface area (Å²) in [5.41, 5.74) is 2.62. The number of nitrogens with one attached hydrogen (secondary N) is 1. The molecule has 1 aromatic heterocycles. The van der Waals surface area contributed by atoms with Gasteiger partial charge in [-0.1, -0.05) is 6.92 Å². The topological polar surface area (TPSA) is 67.1 Å². The lowest BCUT2D eigenvalue weighted by atomic mass is 9.92. The number of rotatable bonds is 5. The predicted octanol–water partition coefficient (Wildman–Crippen LogP) is 1.70. The first-order valence-corrected chi connectivity index (χ1v) is 6.32. The molecule has 0 atom stereocenters. The smallest absolute Gasteiger partial charge is 0.145 e. The Balaban J connectivity index is 2.21. The highest BCUT2D eigenvalue weighted by molar-refractivity contribution is 5.49. The van der Waals surface area contributed by atoms with E-state index in [2.05, 4.69) is 34.3 Å². The van der Waals surface area contributed by atoms with E-state index in [1.54, 1.807) is 0 Å². The van der Waals surface area contributed by atoms with Crippen LogP contribution in [0.15, 0.2) is 6.07 Å². The van der Waals surface area contributed by atoms with Crippen molar-refractivity contribution in [3.63, 3.8) is 0 Å². The fourth-order valence-corrected chi connectivity index (χ4v) is 2.03. The van der Waals surface area contributed by atoms with Crippen LogP contribution in [0.5, 0.6) is 0 Å². The molecule has 5 nitrogen and oxygen atoms in total. The maximum atomic E-state index is 5.45. The molecule has 0 bridgehead atoms. The van der Waals surface area contributed by atoms with Crippen molar-refractivity contribution in [3.05, 3.63) is 11.9 Å². The van der Waals surface area contributed by atoms with Crippen LogP contribution in [0.25, 0.3) is 0 Å². The average molecular weight is 235 g/mol. The molecule has 0 spiro atoms. The molecule has 0 amide bonds. The molecule has 17 heavy (non-hydrogen) atoms. The zero-order valence-corrected chi connectivity index (χ0v) is 10.6. The highest BCUT2D eigenvalue weighted by Gasteiger charge is 2.23. The number of nitrogen functional groups attached to an aromatic ring is 1. The van der Waals surface area contributed by atoms with Gasteiger partial charge in [-0.05, 0) is 25.7 Å². The van der Waals surface area contributed by atoms with Crippen molar-refractivity contribution in [1.29, 1.82) is 0 Å². The number of aromatic nitrogens is 2. The monoisotopic (exact) mass is 235 g/mol. The second-order valence-electron chi connectivity index (χ2n) is 4.62. The Hall–Kier alpha value is -1.36. The maximum Gasteiger partial charge on any atom is 0.145 e. The number of hydrogen-bond donors (Lipinski definition) is 2. The normalized spacial score (nSPS) is 15.5. The van der Waals surface area contributed by atoms with E-state index in [-0.39, 0.29) is 0 Å². The van der Waals surface area contributed by atoms with Crippen LogP contribution in [0.4, 0.5) is 11.6 Å². The second-order valence-corrected chi connectivity index (χ2v) is 4.62. The van der Waals surface area contributed by atoms with Gasteiger partial charge in [-0.15, -0.1) is 0 Å². The molecule has 5 heteroatoms. The molecule has 1 aliphatic carbocycles. The lowest BCUT2D eigenvalue weighted by molar-refractivity contribution is 0.399. The van der Waals surface area contributed by atoms with Gasteiger partial charge in [-0.25, -0.2) is 15.8 Å². The van der Waals surface area contributed by atoms with Crippen LogP contribution >= 0.6 is 0 Å². The van der Waals surface area contributed by atoms with Crippen molar-refractivity contribution in [1.82, 2.24) is 9.97 Å². The van der Waals surface area contributed by atoms with Gasteiger partial charge in [-0.3, -0.25) is 0 Å². The zero-order valence-electron chi connectivity index (χ0n) is 10.6. The Morgan fingerprint density at radius 3 is 2.76 bits per heavy atom. The van der Waals surface area contributed by atoms with Crippen molar-refractivity contribution in [2.45, 2.75) is 45.1 Å². The van der Waals surface area contributed by atoms with Crippen LogP contribution in [0.3, 0.4) is 0 Å². The molecule has 1 heterocycles. The van der Waals surface area contributed by atoms with Crippen LogP contribution < -0.4 is 16.2 Å². The average Bonchev–Trinajstić information content (AvgIpc) is 2.26. The van der Waals surface area contributed by atoms with E-state index in [0.29, 0.717) is 11.9 Å². The van der Waals surface area contributed by atoms with Crippen LogP contribution in [0.2, 0.25) is 0 Å². The number of hydrazine groups is 1. The van der Waals surface area contributed by atoms with Crippen LogP contribution in [-0.2, 0) is 6.42 Å². The molecular weight excluding hydrogens is 214 g/mol. The molecule has 0 aromatic carbocycles. The third kappa shape index (κ3) is 2.66. The lowest BCUT2D eigenvalue weighted by Crippen LogP contribution is -2.37. The summed E-state index contributed by atoms with van der Waals surface area (Å²) >= 11 is 0. The zero-order chi connectivity index (χ0) is 12.3. The summed E-state index contributed by atoms with van der Waals surface area (Å²) in [6.07, 6.45) is 5.77. The van der Waals surface area contributed by atoms with E-state index in [1.807, 2.05) is 6.07 Å². The van der Waals surface area contributed by atoms with Gasteiger partial charge in [0.1, 0.15) is 17.5 Å². The standard InChI is InChI=1S/C12H21N5/c1-3-5-10-14-11(16-13)8-12(15-10)17(2)9-6-4-7-9/h8-9H,3-7,13H2,1-2H3,(H,14,15,16). The molecule has 1 aliphatic rings. The van der Waals surface area contributed by atoms with Gasteiger partial charge >= 0.3 is 0 Å². The van der Waals surface area contributed by atoms with E-state index in [9.17, 15) is 0 Å². The Labute approximate surface area is 102 Å². The SMILES string of the molecule is CCCc1nc(NN)cc(N(C)C2CCC2)n1. The van der Waals surface area contributed by atoms with Gasteiger partial charge in [0.15, 0.2) is 0 Å². The number of hydrogen-bond acceptors (Lipinski definition) is 5. The van der Waals surface area contributed by atoms with Crippen molar-refractivity contribution >= 4 is 11.6 Å². The predicted molar refractivity (Wildman–Crippen MR) is 69.9 cm³/mol. The van der Waals surface area contributed by atoms with Crippen molar-refractivity contribution in [3.8, 4) is 0 Å². The quantitative estimate of drug-likeness (QED) is 0.600. The minimum atomic E-state index is 0.630. The van der Waals surface area contributed by atoms with E-state index in [1.165, 1.54) is 19.3 Å². The van der Waals surface area contributed by atoms with E-state index in [4.69, 9.17) is 5.84 Å².